The standard InChI is InChI=1S/C17H24O2/c1-6-13(12-17(3,4)5)14-8-10-15(11-9-14)19-16(18)7-2/h7-11,13H,2,6,12H2,1,3-5H3. The van der Waals surface area contributed by atoms with Crippen molar-refractivity contribution >= 4 is 5.97 Å². The summed E-state index contributed by atoms with van der Waals surface area (Å²) < 4.78 is 5.08. The molecular formula is C17H24O2. The predicted octanol–water partition coefficient (Wildman–Crippen LogP) is 4.71. The summed E-state index contributed by atoms with van der Waals surface area (Å²) in [6.45, 7) is 12.4. The maximum Gasteiger partial charge on any atom is 0.335 e. The van der Waals surface area contributed by atoms with Crippen LogP contribution in [0, 0.1) is 5.41 Å². The lowest BCUT2D eigenvalue weighted by molar-refractivity contribution is -0.128. The third-order valence-electron chi connectivity index (χ3n) is 3.09. The van der Waals surface area contributed by atoms with Gasteiger partial charge in [0.25, 0.3) is 0 Å². The quantitative estimate of drug-likeness (QED) is 0.435. The lowest BCUT2D eigenvalue weighted by Crippen LogP contribution is -2.11. The first-order valence-electron chi connectivity index (χ1n) is 6.80. The second-order valence-corrected chi connectivity index (χ2v) is 6.06. The Kier molecular flexibility index (Phi) is 5.34. The summed E-state index contributed by atoms with van der Waals surface area (Å²) in [4.78, 5) is 11.1. The third-order valence-corrected chi connectivity index (χ3v) is 3.09. The van der Waals surface area contributed by atoms with Crippen LogP contribution in [0.5, 0.6) is 5.75 Å². The highest BCUT2D eigenvalue weighted by Crippen LogP contribution is 2.33. The second-order valence-electron chi connectivity index (χ2n) is 6.06. The molecule has 1 aromatic carbocycles. The van der Waals surface area contributed by atoms with E-state index in [1.165, 1.54) is 11.6 Å². The Balaban J connectivity index is 2.78. The Morgan fingerprint density at radius 3 is 2.32 bits per heavy atom. The van der Waals surface area contributed by atoms with Gasteiger partial charge < -0.3 is 4.74 Å². The molecule has 1 unspecified atom stereocenters. The molecule has 0 radical (unpaired) electrons. The SMILES string of the molecule is C=CC(=O)Oc1ccc(C(CC)CC(C)(C)C)cc1. The molecule has 2 heteroatoms. The Morgan fingerprint density at radius 2 is 1.89 bits per heavy atom. The highest BCUT2D eigenvalue weighted by atomic mass is 16.5. The van der Waals surface area contributed by atoms with Crippen molar-refractivity contribution in [3.63, 3.8) is 0 Å². The van der Waals surface area contributed by atoms with E-state index in [1.807, 2.05) is 24.3 Å². The van der Waals surface area contributed by atoms with E-state index in [9.17, 15) is 4.79 Å². The maximum atomic E-state index is 11.1. The summed E-state index contributed by atoms with van der Waals surface area (Å²) >= 11 is 0. The fraction of sp³-hybridized carbons (Fsp3) is 0.471. The average molecular weight is 260 g/mol. The van der Waals surface area contributed by atoms with Crippen molar-refractivity contribution in [2.24, 2.45) is 5.41 Å². The fourth-order valence-electron chi connectivity index (χ4n) is 2.20. The summed E-state index contributed by atoms with van der Waals surface area (Å²) in [5.41, 5.74) is 1.62. The van der Waals surface area contributed by atoms with Crippen LogP contribution in [0.4, 0.5) is 0 Å². The van der Waals surface area contributed by atoms with E-state index in [4.69, 9.17) is 4.74 Å². The lowest BCUT2D eigenvalue weighted by atomic mass is 9.80. The van der Waals surface area contributed by atoms with E-state index in [0.29, 0.717) is 17.1 Å². The molecule has 1 aromatic rings. The number of esters is 1. The molecule has 0 fully saturated rings. The summed E-state index contributed by atoms with van der Waals surface area (Å²) in [5.74, 6) is 0.693. The number of benzene rings is 1. The zero-order valence-electron chi connectivity index (χ0n) is 12.4. The summed E-state index contributed by atoms with van der Waals surface area (Å²) in [6, 6.07) is 7.79. The van der Waals surface area contributed by atoms with Gasteiger partial charge in [-0.2, -0.15) is 0 Å². The minimum atomic E-state index is -0.422. The van der Waals surface area contributed by atoms with Crippen LogP contribution in [0.15, 0.2) is 36.9 Å². The van der Waals surface area contributed by atoms with Gasteiger partial charge in [0.2, 0.25) is 0 Å². The maximum absolute atomic E-state index is 11.1. The molecule has 0 bridgehead atoms. The summed E-state index contributed by atoms with van der Waals surface area (Å²) in [5, 5.41) is 0. The van der Waals surface area contributed by atoms with Gasteiger partial charge in [-0.05, 0) is 41.9 Å². The Morgan fingerprint density at radius 1 is 1.32 bits per heavy atom. The molecule has 0 saturated heterocycles. The van der Waals surface area contributed by atoms with E-state index >= 15 is 0 Å². The highest BCUT2D eigenvalue weighted by Gasteiger charge is 2.18. The number of carbonyl (C=O) groups is 1. The van der Waals surface area contributed by atoms with Gasteiger partial charge >= 0.3 is 5.97 Å². The van der Waals surface area contributed by atoms with Crippen LogP contribution in [0.3, 0.4) is 0 Å². The molecule has 1 atom stereocenters. The van der Waals surface area contributed by atoms with Gasteiger partial charge in [-0.25, -0.2) is 4.79 Å². The molecule has 0 aliphatic heterocycles. The number of rotatable bonds is 5. The summed E-state index contributed by atoms with van der Waals surface area (Å²) in [6.07, 6.45) is 3.43. The van der Waals surface area contributed by atoms with Crippen molar-refractivity contribution in [3.05, 3.63) is 42.5 Å². The van der Waals surface area contributed by atoms with Crippen molar-refractivity contribution in [2.45, 2.75) is 46.5 Å². The van der Waals surface area contributed by atoms with Gasteiger partial charge in [0.15, 0.2) is 0 Å². The molecule has 0 heterocycles. The molecule has 0 saturated carbocycles. The normalized spacial score (nSPS) is 12.8. The van der Waals surface area contributed by atoms with Crippen LogP contribution >= 0.6 is 0 Å². The molecule has 1 rings (SSSR count). The first-order chi connectivity index (χ1) is 8.85. The van der Waals surface area contributed by atoms with Crippen LogP contribution in [0.25, 0.3) is 0 Å². The van der Waals surface area contributed by atoms with Crippen LogP contribution in [0.2, 0.25) is 0 Å². The van der Waals surface area contributed by atoms with Crippen molar-refractivity contribution in [1.29, 1.82) is 0 Å². The zero-order valence-corrected chi connectivity index (χ0v) is 12.4. The zero-order chi connectivity index (χ0) is 14.5. The smallest absolute Gasteiger partial charge is 0.335 e. The summed E-state index contributed by atoms with van der Waals surface area (Å²) in [7, 11) is 0. The van der Waals surface area contributed by atoms with Crippen molar-refractivity contribution in [2.75, 3.05) is 0 Å². The molecular weight excluding hydrogens is 236 g/mol. The monoisotopic (exact) mass is 260 g/mol. The van der Waals surface area contributed by atoms with Gasteiger partial charge in [0, 0.05) is 6.08 Å². The fourth-order valence-corrected chi connectivity index (χ4v) is 2.20. The van der Waals surface area contributed by atoms with E-state index in [0.717, 1.165) is 12.8 Å². The molecule has 104 valence electrons. The van der Waals surface area contributed by atoms with Gasteiger partial charge in [0.05, 0.1) is 0 Å². The Labute approximate surface area is 116 Å². The minimum Gasteiger partial charge on any atom is -0.423 e. The van der Waals surface area contributed by atoms with Crippen LogP contribution in [-0.2, 0) is 4.79 Å². The minimum absolute atomic E-state index is 0.314. The molecule has 2 nitrogen and oxygen atoms in total. The van der Waals surface area contributed by atoms with Gasteiger partial charge in [-0.1, -0.05) is 46.4 Å². The van der Waals surface area contributed by atoms with Crippen molar-refractivity contribution in [1.82, 2.24) is 0 Å². The third kappa shape index (κ3) is 5.29. The first-order valence-corrected chi connectivity index (χ1v) is 6.80. The average Bonchev–Trinajstić information content (AvgIpc) is 2.35. The molecule has 0 aromatic heterocycles. The van der Waals surface area contributed by atoms with E-state index in [-0.39, 0.29) is 0 Å². The number of carbonyl (C=O) groups excluding carboxylic acids is 1. The van der Waals surface area contributed by atoms with Gasteiger partial charge in [-0.3, -0.25) is 0 Å². The lowest BCUT2D eigenvalue weighted by Gasteiger charge is -2.25. The first kappa shape index (κ1) is 15.5. The molecule has 0 amide bonds. The van der Waals surface area contributed by atoms with E-state index < -0.39 is 5.97 Å². The van der Waals surface area contributed by atoms with E-state index in [1.54, 1.807) is 0 Å². The predicted molar refractivity (Wildman–Crippen MR) is 79.4 cm³/mol. The van der Waals surface area contributed by atoms with Crippen molar-refractivity contribution < 1.29 is 9.53 Å². The topological polar surface area (TPSA) is 26.3 Å². The molecule has 0 aliphatic rings. The van der Waals surface area contributed by atoms with Crippen LogP contribution in [-0.4, -0.2) is 5.97 Å². The van der Waals surface area contributed by atoms with E-state index in [2.05, 4.69) is 34.3 Å². The Hall–Kier alpha value is -1.57. The van der Waals surface area contributed by atoms with Crippen LogP contribution < -0.4 is 4.74 Å². The van der Waals surface area contributed by atoms with Crippen LogP contribution in [0.1, 0.15) is 52.0 Å². The molecule has 0 spiro atoms. The molecule has 0 N–H and O–H groups in total. The number of ether oxygens (including phenoxy) is 1. The second kappa shape index (κ2) is 6.55. The molecule has 19 heavy (non-hydrogen) atoms. The highest BCUT2D eigenvalue weighted by molar-refractivity contribution is 5.83. The Bertz CT molecular complexity index is 424. The largest absolute Gasteiger partial charge is 0.423 e. The van der Waals surface area contributed by atoms with Gasteiger partial charge in [0.1, 0.15) is 5.75 Å². The van der Waals surface area contributed by atoms with Gasteiger partial charge in [-0.15, -0.1) is 0 Å². The van der Waals surface area contributed by atoms with Crippen molar-refractivity contribution in [3.8, 4) is 5.75 Å². The molecule has 0 aliphatic carbocycles. The number of hydrogen-bond donors (Lipinski definition) is 0. The number of hydrogen-bond acceptors (Lipinski definition) is 2.